The van der Waals surface area contributed by atoms with Crippen molar-refractivity contribution in [3.05, 3.63) is 62.1 Å². The summed E-state index contributed by atoms with van der Waals surface area (Å²) in [5, 5.41) is 3.59. The maximum absolute atomic E-state index is 13.6. The number of sulfonamides is 1. The van der Waals surface area contributed by atoms with Crippen LogP contribution in [0.25, 0.3) is 0 Å². The Kier molecular flexibility index (Phi) is 10.5. The molecule has 2 amide bonds. The summed E-state index contributed by atoms with van der Waals surface area (Å²) in [6.45, 7) is 4.79. The minimum atomic E-state index is -3.94. The maximum Gasteiger partial charge on any atom is 0.244 e. The van der Waals surface area contributed by atoms with Crippen LogP contribution in [0, 0.1) is 0 Å². The number of carbonyl (C=O) groups excluding carboxylic acids is 2. The number of nitrogens with zero attached hydrogens (tertiary/aromatic N) is 2. The molecule has 1 atom stereocenters. The van der Waals surface area contributed by atoms with Crippen LogP contribution in [-0.4, -0.2) is 50.0 Å². The van der Waals surface area contributed by atoms with E-state index in [4.69, 9.17) is 46.4 Å². The fourth-order valence-electron chi connectivity index (χ4n) is 3.41. The average Bonchev–Trinajstić information content (AvgIpc) is 2.75. The summed E-state index contributed by atoms with van der Waals surface area (Å²) in [5.74, 6) is -0.967. The molecule has 35 heavy (non-hydrogen) atoms. The summed E-state index contributed by atoms with van der Waals surface area (Å²) in [6.07, 6.45) is 1.26. The molecule has 0 saturated heterocycles. The van der Waals surface area contributed by atoms with Gasteiger partial charge in [0.2, 0.25) is 21.8 Å². The summed E-state index contributed by atoms with van der Waals surface area (Å²) in [5.41, 5.74) is 0.680. The zero-order chi connectivity index (χ0) is 26.5. The second-order valence-electron chi connectivity index (χ2n) is 8.20. The van der Waals surface area contributed by atoms with Crippen molar-refractivity contribution in [3.63, 3.8) is 0 Å². The highest BCUT2D eigenvalue weighted by atomic mass is 35.5. The first-order chi connectivity index (χ1) is 16.3. The highest BCUT2D eigenvalue weighted by molar-refractivity contribution is 7.92. The summed E-state index contributed by atoms with van der Waals surface area (Å²) < 4.78 is 26.2. The van der Waals surface area contributed by atoms with Crippen molar-refractivity contribution in [2.24, 2.45) is 0 Å². The number of amides is 2. The lowest BCUT2D eigenvalue weighted by atomic mass is 10.1. The molecule has 2 aromatic carbocycles. The fraction of sp³-hybridized carbons (Fsp3) is 0.391. The van der Waals surface area contributed by atoms with Crippen LogP contribution in [0.3, 0.4) is 0 Å². The van der Waals surface area contributed by atoms with Gasteiger partial charge in [0.25, 0.3) is 0 Å². The largest absolute Gasteiger partial charge is 0.352 e. The van der Waals surface area contributed by atoms with Crippen molar-refractivity contribution in [3.8, 4) is 0 Å². The first kappa shape index (κ1) is 29.5. The van der Waals surface area contributed by atoms with E-state index in [1.807, 2.05) is 13.8 Å². The number of hydrogen-bond acceptors (Lipinski definition) is 4. The van der Waals surface area contributed by atoms with Crippen LogP contribution in [0.2, 0.25) is 20.1 Å². The van der Waals surface area contributed by atoms with Crippen molar-refractivity contribution < 1.29 is 18.0 Å². The van der Waals surface area contributed by atoms with Crippen LogP contribution >= 0.6 is 46.4 Å². The SMILES string of the molecule is CC[C@H](C(=O)NC(C)C)N(Cc1ccc(Cl)c(Cl)c1)C(=O)CN(c1cccc(Cl)c1Cl)S(C)(=O)=O. The van der Waals surface area contributed by atoms with Gasteiger partial charge in [-0.25, -0.2) is 8.42 Å². The zero-order valence-corrected chi connectivity index (χ0v) is 23.5. The lowest BCUT2D eigenvalue weighted by Gasteiger charge is -2.33. The van der Waals surface area contributed by atoms with E-state index in [0.29, 0.717) is 22.0 Å². The van der Waals surface area contributed by atoms with Gasteiger partial charge in [-0.15, -0.1) is 0 Å². The van der Waals surface area contributed by atoms with Crippen LogP contribution in [-0.2, 0) is 26.2 Å². The van der Waals surface area contributed by atoms with Crippen molar-refractivity contribution in [2.75, 3.05) is 17.1 Å². The van der Waals surface area contributed by atoms with Gasteiger partial charge in [-0.3, -0.25) is 13.9 Å². The third-order valence-electron chi connectivity index (χ3n) is 5.03. The lowest BCUT2D eigenvalue weighted by molar-refractivity contribution is -0.140. The molecule has 0 aliphatic rings. The minimum absolute atomic E-state index is 0.000619. The van der Waals surface area contributed by atoms with Gasteiger partial charge in [0, 0.05) is 12.6 Å². The molecule has 7 nitrogen and oxygen atoms in total. The molecular formula is C23H27Cl4N3O4S. The van der Waals surface area contributed by atoms with Gasteiger partial charge >= 0.3 is 0 Å². The number of benzene rings is 2. The number of carbonyl (C=O) groups is 2. The van der Waals surface area contributed by atoms with Gasteiger partial charge in [0.1, 0.15) is 12.6 Å². The molecule has 0 aliphatic carbocycles. The summed E-state index contributed by atoms with van der Waals surface area (Å²) in [4.78, 5) is 27.9. The Morgan fingerprint density at radius 1 is 1.00 bits per heavy atom. The van der Waals surface area contributed by atoms with Gasteiger partial charge in [-0.05, 0) is 50.1 Å². The second kappa shape index (κ2) is 12.5. The molecule has 0 fully saturated rings. The third kappa shape index (κ3) is 7.89. The molecule has 0 spiro atoms. The highest BCUT2D eigenvalue weighted by Gasteiger charge is 2.32. The number of nitrogens with one attached hydrogen (secondary N) is 1. The van der Waals surface area contributed by atoms with E-state index in [-0.39, 0.29) is 34.2 Å². The van der Waals surface area contributed by atoms with E-state index >= 15 is 0 Å². The van der Waals surface area contributed by atoms with Crippen LogP contribution in [0.5, 0.6) is 0 Å². The van der Waals surface area contributed by atoms with E-state index in [9.17, 15) is 18.0 Å². The van der Waals surface area contributed by atoms with Crippen LogP contribution in [0.4, 0.5) is 5.69 Å². The zero-order valence-electron chi connectivity index (χ0n) is 19.7. The predicted molar refractivity (Wildman–Crippen MR) is 143 cm³/mol. The molecule has 0 saturated carbocycles. The standard InChI is InChI=1S/C23H27Cl4N3O4S/c1-5-19(23(32)28-14(2)3)29(12-15-9-10-16(24)18(26)11-15)21(31)13-30(35(4,33)34)20-8-6-7-17(25)22(20)27/h6-11,14,19H,5,12-13H2,1-4H3,(H,28,32)/t19-/m1/s1. The smallest absolute Gasteiger partial charge is 0.244 e. The Labute approximate surface area is 226 Å². The fourth-order valence-corrected chi connectivity index (χ4v) is 5.04. The van der Waals surface area contributed by atoms with E-state index in [2.05, 4.69) is 5.32 Å². The van der Waals surface area contributed by atoms with Crippen molar-refractivity contribution >= 4 is 73.9 Å². The first-order valence-electron chi connectivity index (χ1n) is 10.7. The van der Waals surface area contributed by atoms with Crippen molar-refractivity contribution in [1.82, 2.24) is 10.2 Å². The van der Waals surface area contributed by atoms with Crippen molar-refractivity contribution in [1.29, 1.82) is 0 Å². The summed E-state index contributed by atoms with van der Waals surface area (Å²) in [6, 6.07) is 8.34. The molecule has 0 aliphatic heterocycles. The quantitative estimate of drug-likeness (QED) is 0.406. The van der Waals surface area contributed by atoms with E-state index in [1.54, 1.807) is 25.1 Å². The van der Waals surface area contributed by atoms with Gasteiger partial charge < -0.3 is 10.2 Å². The average molecular weight is 583 g/mol. The molecule has 0 bridgehead atoms. The first-order valence-corrected chi connectivity index (χ1v) is 14.1. The predicted octanol–water partition coefficient (Wildman–Crippen LogP) is 5.40. The third-order valence-corrected chi connectivity index (χ3v) is 7.71. The molecule has 2 rings (SSSR count). The number of rotatable bonds is 10. The van der Waals surface area contributed by atoms with Gasteiger partial charge in [0.15, 0.2) is 0 Å². The highest BCUT2D eigenvalue weighted by Crippen LogP contribution is 2.34. The number of halogens is 4. The van der Waals surface area contributed by atoms with E-state index in [1.165, 1.54) is 23.1 Å². The van der Waals surface area contributed by atoms with Crippen LogP contribution in [0.1, 0.15) is 32.8 Å². The normalized spacial score (nSPS) is 12.4. The number of hydrogen-bond donors (Lipinski definition) is 1. The molecule has 0 unspecified atom stereocenters. The Balaban J connectivity index is 2.51. The Hall–Kier alpha value is -1.71. The van der Waals surface area contributed by atoms with Crippen LogP contribution in [0.15, 0.2) is 36.4 Å². The van der Waals surface area contributed by atoms with Gasteiger partial charge in [0.05, 0.1) is 32.0 Å². The molecule has 2 aromatic rings. The summed E-state index contributed by atoms with van der Waals surface area (Å²) >= 11 is 24.5. The van der Waals surface area contributed by atoms with Gasteiger partial charge in [-0.2, -0.15) is 0 Å². The molecule has 0 radical (unpaired) electrons. The lowest BCUT2D eigenvalue weighted by Crippen LogP contribution is -2.53. The number of anilines is 1. The topological polar surface area (TPSA) is 86.8 Å². The summed E-state index contributed by atoms with van der Waals surface area (Å²) in [7, 11) is -3.94. The van der Waals surface area contributed by atoms with Crippen molar-refractivity contribution in [2.45, 2.75) is 45.8 Å². The molecule has 192 valence electrons. The molecule has 0 aromatic heterocycles. The monoisotopic (exact) mass is 581 g/mol. The molecular weight excluding hydrogens is 556 g/mol. The molecule has 12 heteroatoms. The Morgan fingerprint density at radius 2 is 1.66 bits per heavy atom. The second-order valence-corrected chi connectivity index (χ2v) is 11.7. The minimum Gasteiger partial charge on any atom is -0.352 e. The van der Waals surface area contributed by atoms with E-state index in [0.717, 1.165) is 10.6 Å². The maximum atomic E-state index is 13.6. The van der Waals surface area contributed by atoms with E-state index < -0.39 is 28.5 Å². The Morgan fingerprint density at radius 3 is 2.20 bits per heavy atom. The Bertz CT molecular complexity index is 1190. The molecule has 1 N–H and O–H groups in total. The van der Waals surface area contributed by atoms with Crippen LogP contribution < -0.4 is 9.62 Å². The van der Waals surface area contributed by atoms with Gasteiger partial charge in [-0.1, -0.05) is 65.5 Å². The molecule has 0 heterocycles.